The van der Waals surface area contributed by atoms with Crippen LogP contribution in [0.1, 0.15) is 46.9 Å². The number of amides is 2. The van der Waals surface area contributed by atoms with E-state index in [1.807, 2.05) is 57.2 Å². The van der Waals surface area contributed by atoms with Gasteiger partial charge in [0.05, 0.1) is 5.52 Å². The zero-order chi connectivity index (χ0) is 19.4. The quantitative estimate of drug-likeness (QED) is 0.728. The fourth-order valence-electron chi connectivity index (χ4n) is 3.04. The third kappa shape index (κ3) is 3.69. The SMILES string of the molecule is CCCNC(=O)c1nc(C(=O)N(CC)c2cccc(C)c2)n2ccccc12. The molecule has 0 atom stereocenters. The predicted octanol–water partition coefficient (Wildman–Crippen LogP) is 3.45. The Bertz CT molecular complexity index is 977. The van der Waals surface area contributed by atoms with Gasteiger partial charge in [-0.05, 0) is 50.1 Å². The molecule has 0 aliphatic rings. The van der Waals surface area contributed by atoms with Crippen molar-refractivity contribution in [3.05, 3.63) is 65.7 Å². The van der Waals surface area contributed by atoms with Crippen molar-refractivity contribution in [3.63, 3.8) is 0 Å². The van der Waals surface area contributed by atoms with Crippen LogP contribution >= 0.6 is 0 Å². The maximum atomic E-state index is 13.3. The second-order valence-electron chi connectivity index (χ2n) is 6.38. The van der Waals surface area contributed by atoms with Crippen LogP contribution < -0.4 is 10.2 Å². The predicted molar refractivity (Wildman–Crippen MR) is 106 cm³/mol. The summed E-state index contributed by atoms with van der Waals surface area (Å²) in [5.41, 5.74) is 2.78. The van der Waals surface area contributed by atoms with E-state index in [0.29, 0.717) is 18.6 Å². The maximum Gasteiger partial charge on any atom is 0.294 e. The van der Waals surface area contributed by atoms with Crippen LogP contribution in [-0.2, 0) is 0 Å². The number of nitrogens with zero attached hydrogens (tertiary/aromatic N) is 3. The number of pyridine rings is 1. The topological polar surface area (TPSA) is 66.7 Å². The molecule has 2 heterocycles. The van der Waals surface area contributed by atoms with Crippen molar-refractivity contribution in [2.24, 2.45) is 0 Å². The van der Waals surface area contributed by atoms with E-state index in [4.69, 9.17) is 0 Å². The first-order chi connectivity index (χ1) is 13.1. The number of rotatable bonds is 6. The molecule has 6 heteroatoms. The molecule has 3 rings (SSSR count). The van der Waals surface area contributed by atoms with E-state index in [-0.39, 0.29) is 23.3 Å². The molecule has 3 aromatic rings. The number of carbonyl (C=O) groups is 2. The lowest BCUT2D eigenvalue weighted by Gasteiger charge is -2.20. The zero-order valence-corrected chi connectivity index (χ0v) is 15.9. The highest BCUT2D eigenvalue weighted by atomic mass is 16.2. The van der Waals surface area contributed by atoms with Gasteiger partial charge in [0.1, 0.15) is 0 Å². The summed E-state index contributed by atoms with van der Waals surface area (Å²) in [6.07, 6.45) is 2.59. The van der Waals surface area contributed by atoms with Crippen LogP contribution in [-0.4, -0.2) is 34.3 Å². The lowest BCUT2D eigenvalue weighted by Crippen LogP contribution is -2.32. The van der Waals surface area contributed by atoms with Crippen LogP contribution in [0.3, 0.4) is 0 Å². The standard InChI is InChI=1S/C21H24N4O2/c1-4-12-22-20(26)18-17-11-6-7-13-25(17)19(23-18)21(27)24(5-2)16-10-8-9-15(3)14-16/h6-11,13-14H,4-5,12H2,1-3H3,(H,22,26). The smallest absolute Gasteiger partial charge is 0.294 e. The molecule has 0 unspecified atom stereocenters. The van der Waals surface area contributed by atoms with Crippen LogP contribution in [0, 0.1) is 6.92 Å². The van der Waals surface area contributed by atoms with Gasteiger partial charge in [-0.25, -0.2) is 4.98 Å². The molecule has 140 valence electrons. The van der Waals surface area contributed by atoms with Crippen molar-refractivity contribution in [2.75, 3.05) is 18.0 Å². The van der Waals surface area contributed by atoms with Crippen molar-refractivity contribution in [1.82, 2.24) is 14.7 Å². The number of aromatic nitrogens is 2. The Balaban J connectivity index is 2.05. The number of anilines is 1. The molecule has 0 spiro atoms. The number of imidazole rings is 1. The Morgan fingerprint density at radius 3 is 2.67 bits per heavy atom. The molecular formula is C21H24N4O2. The number of benzene rings is 1. The second-order valence-corrected chi connectivity index (χ2v) is 6.38. The van der Waals surface area contributed by atoms with Gasteiger partial charge in [0.15, 0.2) is 5.69 Å². The average molecular weight is 364 g/mol. The molecule has 0 saturated heterocycles. The summed E-state index contributed by atoms with van der Waals surface area (Å²) in [5, 5.41) is 2.84. The van der Waals surface area contributed by atoms with Gasteiger partial charge >= 0.3 is 0 Å². The fourth-order valence-corrected chi connectivity index (χ4v) is 3.04. The molecule has 0 bridgehead atoms. The van der Waals surface area contributed by atoms with Crippen molar-refractivity contribution in [3.8, 4) is 0 Å². The molecule has 27 heavy (non-hydrogen) atoms. The summed E-state index contributed by atoms with van der Waals surface area (Å²) in [4.78, 5) is 31.8. The molecule has 6 nitrogen and oxygen atoms in total. The summed E-state index contributed by atoms with van der Waals surface area (Å²) >= 11 is 0. The Morgan fingerprint density at radius 1 is 1.15 bits per heavy atom. The van der Waals surface area contributed by atoms with Crippen LogP contribution in [0.5, 0.6) is 0 Å². The Kier molecular flexibility index (Phi) is 5.54. The maximum absolute atomic E-state index is 13.3. The highest BCUT2D eigenvalue weighted by Gasteiger charge is 2.25. The van der Waals surface area contributed by atoms with Gasteiger partial charge in [-0.2, -0.15) is 0 Å². The molecule has 2 amide bonds. The fraction of sp³-hybridized carbons (Fsp3) is 0.286. The van der Waals surface area contributed by atoms with E-state index < -0.39 is 0 Å². The minimum absolute atomic E-state index is 0.232. The monoisotopic (exact) mass is 364 g/mol. The molecule has 1 aromatic carbocycles. The van der Waals surface area contributed by atoms with Gasteiger partial charge in [-0.15, -0.1) is 0 Å². The lowest BCUT2D eigenvalue weighted by molar-refractivity contribution is 0.0951. The van der Waals surface area contributed by atoms with Gasteiger partial charge in [-0.1, -0.05) is 25.1 Å². The van der Waals surface area contributed by atoms with Gasteiger partial charge in [-0.3, -0.25) is 14.0 Å². The number of nitrogens with one attached hydrogen (secondary N) is 1. The Morgan fingerprint density at radius 2 is 1.96 bits per heavy atom. The van der Waals surface area contributed by atoms with Crippen molar-refractivity contribution < 1.29 is 9.59 Å². The minimum atomic E-state index is -0.266. The van der Waals surface area contributed by atoms with E-state index in [1.54, 1.807) is 21.6 Å². The van der Waals surface area contributed by atoms with E-state index in [1.165, 1.54) is 0 Å². The van der Waals surface area contributed by atoms with Crippen molar-refractivity contribution in [1.29, 1.82) is 0 Å². The summed E-state index contributed by atoms with van der Waals surface area (Å²) in [6.45, 7) is 6.97. The third-order valence-electron chi connectivity index (χ3n) is 4.37. The normalized spacial score (nSPS) is 10.8. The van der Waals surface area contributed by atoms with E-state index >= 15 is 0 Å². The first kappa shape index (κ1) is 18.6. The number of carbonyl (C=O) groups excluding carboxylic acids is 2. The highest BCUT2D eigenvalue weighted by Crippen LogP contribution is 2.20. The van der Waals surface area contributed by atoms with Gasteiger partial charge in [0.25, 0.3) is 11.8 Å². The van der Waals surface area contributed by atoms with Gasteiger partial charge in [0.2, 0.25) is 5.82 Å². The molecular weight excluding hydrogens is 340 g/mol. The summed E-state index contributed by atoms with van der Waals surface area (Å²) in [7, 11) is 0. The Labute approximate surface area is 158 Å². The van der Waals surface area contributed by atoms with Gasteiger partial charge < -0.3 is 10.2 Å². The van der Waals surface area contributed by atoms with E-state index in [2.05, 4.69) is 10.3 Å². The molecule has 1 N–H and O–H groups in total. The second kappa shape index (κ2) is 8.03. The first-order valence-corrected chi connectivity index (χ1v) is 9.20. The van der Waals surface area contributed by atoms with Gasteiger partial charge in [0, 0.05) is 25.0 Å². The average Bonchev–Trinajstić information content (AvgIpc) is 3.06. The van der Waals surface area contributed by atoms with Crippen molar-refractivity contribution in [2.45, 2.75) is 27.2 Å². The van der Waals surface area contributed by atoms with Crippen LogP contribution in [0.25, 0.3) is 5.52 Å². The molecule has 0 fully saturated rings. The summed E-state index contributed by atoms with van der Waals surface area (Å²) < 4.78 is 1.68. The molecule has 0 radical (unpaired) electrons. The Hall–Kier alpha value is -3.15. The summed E-state index contributed by atoms with van der Waals surface area (Å²) in [6, 6.07) is 13.2. The first-order valence-electron chi connectivity index (χ1n) is 9.20. The van der Waals surface area contributed by atoms with E-state index in [0.717, 1.165) is 17.7 Å². The number of fused-ring (bicyclic) bond motifs is 1. The largest absolute Gasteiger partial charge is 0.351 e. The third-order valence-corrected chi connectivity index (χ3v) is 4.37. The molecule has 0 aliphatic carbocycles. The molecule has 2 aromatic heterocycles. The number of hydrogen-bond donors (Lipinski definition) is 1. The molecule has 0 aliphatic heterocycles. The number of aryl methyl sites for hydroxylation is 1. The van der Waals surface area contributed by atoms with E-state index in [9.17, 15) is 9.59 Å². The lowest BCUT2D eigenvalue weighted by atomic mass is 10.2. The van der Waals surface area contributed by atoms with Crippen molar-refractivity contribution >= 4 is 23.0 Å². The summed E-state index contributed by atoms with van der Waals surface area (Å²) in [5.74, 6) is -0.271. The highest BCUT2D eigenvalue weighted by molar-refractivity contribution is 6.07. The van der Waals surface area contributed by atoms with Crippen LogP contribution in [0.2, 0.25) is 0 Å². The zero-order valence-electron chi connectivity index (χ0n) is 15.9. The molecule has 0 saturated carbocycles. The number of hydrogen-bond acceptors (Lipinski definition) is 3. The van der Waals surface area contributed by atoms with Crippen LogP contribution in [0.4, 0.5) is 5.69 Å². The minimum Gasteiger partial charge on any atom is -0.351 e. The van der Waals surface area contributed by atoms with Crippen LogP contribution in [0.15, 0.2) is 48.7 Å².